The molecule has 1 aromatic rings. The first-order valence-corrected chi connectivity index (χ1v) is 9.75. The summed E-state index contributed by atoms with van der Waals surface area (Å²) in [6.45, 7) is 6.16. The second-order valence-electron chi connectivity index (χ2n) is 8.94. The molecule has 2 bridgehead atoms. The summed E-state index contributed by atoms with van der Waals surface area (Å²) in [4.78, 5) is 40.1. The Morgan fingerprint density at radius 3 is 2.21 bits per heavy atom. The molecule has 0 saturated carbocycles. The standard InChI is InChI=1S/C21H28N2O6/c1-20(2,3)29-19(27)23-11-16-9-21(14-23,17(24)25)13-22(10-16)18(26)28-12-15-7-5-4-6-8-15/h4-8,16H,9-14H2,1-3H3,(H,24,25). The molecule has 2 amide bonds. The fourth-order valence-corrected chi connectivity index (χ4v) is 4.04. The highest BCUT2D eigenvalue weighted by Gasteiger charge is 2.53. The first-order chi connectivity index (χ1) is 13.6. The van der Waals surface area contributed by atoms with Gasteiger partial charge in [0, 0.05) is 26.2 Å². The van der Waals surface area contributed by atoms with Crippen LogP contribution in [0.1, 0.15) is 32.8 Å². The molecular formula is C21H28N2O6. The van der Waals surface area contributed by atoms with E-state index >= 15 is 0 Å². The Balaban J connectivity index is 1.68. The van der Waals surface area contributed by atoms with Gasteiger partial charge in [-0.2, -0.15) is 0 Å². The van der Waals surface area contributed by atoms with E-state index < -0.39 is 29.2 Å². The van der Waals surface area contributed by atoms with Crippen LogP contribution >= 0.6 is 0 Å². The van der Waals surface area contributed by atoms with E-state index in [1.165, 1.54) is 9.80 Å². The Labute approximate surface area is 170 Å². The lowest BCUT2D eigenvalue weighted by atomic mass is 9.72. The van der Waals surface area contributed by atoms with E-state index in [4.69, 9.17) is 9.47 Å². The third-order valence-electron chi connectivity index (χ3n) is 5.19. The van der Waals surface area contributed by atoms with E-state index in [0.29, 0.717) is 19.5 Å². The fraction of sp³-hybridized carbons (Fsp3) is 0.571. The molecule has 158 valence electrons. The molecular weight excluding hydrogens is 376 g/mol. The average Bonchev–Trinajstić information content (AvgIpc) is 2.64. The highest BCUT2D eigenvalue weighted by Crippen LogP contribution is 2.39. The van der Waals surface area contributed by atoms with Crippen LogP contribution in [0.2, 0.25) is 0 Å². The molecule has 2 atom stereocenters. The van der Waals surface area contributed by atoms with Crippen LogP contribution in [0.5, 0.6) is 0 Å². The van der Waals surface area contributed by atoms with E-state index in [1.54, 1.807) is 20.8 Å². The van der Waals surface area contributed by atoms with Crippen molar-refractivity contribution < 1.29 is 29.0 Å². The Hall–Kier alpha value is -2.77. The van der Waals surface area contributed by atoms with Gasteiger partial charge in [-0.3, -0.25) is 4.79 Å². The third-order valence-corrected chi connectivity index (χ3v) is 5.19. The average molecular weight is 404 g/mol. The minimum absolute atomic E-state index is 0.00571. The second kappa shape index (κ2) is 7.93. The number of aliphatic carboxylic acids is 1. The van der Waals surface area contributed by atoms with E-state index in [9.17, 15) is 19.5 Å². The van der Waals surface area contributed by atoms with Gasteiger partial charge in [0.15, 0.2) is 0 Å². The molecule has 2 saturated heterocycles. The normalized spacial score (nSPS) is 24.0. The summed E-state index contributed by atoms with van der Waals surface area (Å²) < 4.78 is 10.8. The van der Waals surface area contributed by atoms with Gasteiger partial charge in [0.25, 0.3) is 0 Å². The van der Waals surface area contributed by atoms with Gasteiger partial charge in [0.1, 0.15) is 17.6 Å². The Bertz CT molecular complexity index is 775. The number of rotatable bonds is 3. The van der Waals surface area contributed by atoms with Crippen molar-refractivity contribution in [1.29, 1.82) is 0 Å². The molecule has 1 N–H and O–H groups in total. The predicted molar refractivity (Wildman–Crippen MR) is 104 cm³/mol. The van der Waals surface area contributed by atoms with E-state index in [1.807, 2.05) is 30.3 Å². The lowest BCUT2D eigenvalue weighted by Crippen LogP contribution is -2.63. The zero-order chi connectivity index (χ0) is 21.2. The van der Waals surface area contributed by atoms with Gasteiger partial charge in [0.05, 0.1) is 0 Å². The van der Waals surface area contributed by atoms with Gasteiger partial charge < -0.3 is 24.4 Å². The summed E-state index contributed by atoms with van der Waals surface area (Å²) >= 11 is 0. The number of likely N-dealkylation sites (tertiary alicyclic amines) is 2. The summed E-state index contributed by atoms with van der Waals surface area (Å²) in [6, 6.07) is 9.31. The molecule has 0 spiro atoms. The van der Waals surface area contributed by atoms with Crippen LogP contribution in [0.4, 0.5) is 9.59 Å². The van der Waals surface area contributed by atoms with Crippen molar-refractivity contribution in [1.82, 2.24) is 9.80 Å². The van der Waals surface area contributed by atoms with Gasteiger partial charge in [-0.05, 0) is 38.7 Å². The summed E-state index contributed by atoms with van der Waals surface area (Å²) in [5.74, 6) is -1.17. The number of carbonyl (C=O) groups excluding carboxylic acids is 2. The van der Waals surface area contributed by atoms with Crippen molar-refractivity contribution in [2.75, 3.05) is 26.2 Å². The summed E-state index contributed by atoms with van der Waals surface area (Å²) in [6.07, 6.45) is -0.632. The molecule has 0 aliphatic carbocycles. The van der Waals surface area contributed by atoms with Gasteiger partial charge >= 0.3 is 18.2 Å². The Kier molecular flexibility index (Phi) is 5.73. The number of carbonyl (C=O) groups is 3. The highest BCUT2D eigenvalue weighted by molar-refractivity contribution is 5.79. The number of carboxylic acids is 1. The Morgan fingerprint density at radius 2 is 1.66 bits per heavy atom. The van der Waals surface area contributed by atoms with Crippen molar-refractivity contribution in [2.45, 2.75) is 39.4 Å². The number of ether oxygens (including phenoxy) is 2. The number of nitrogens with zero attached hydrogens (tertiary/aromatic N) is 2. The molecule has 2 fully saturated rings. The van der Waals surface area contributed by atoms with Crippen molar-refractivity contribution >= 4 is 18.2 Å². The summed E-state index contributed by atoms with van der Waals surface area (Å²) in [7, 11) is 0. The number of benzene rings is 1. The largest absolute Gasteiger partial charge is 0.481 e. The molecule has 3 rings (SSSR count). The van der Waals surface area contributed by atoms with E-state index in [0.717, 1.165) is 5.56 Å². The molecule has 29 heavy (non-hydrogen) atoms. The van der Waals surface area contributed by atoms with Crippen LogP contribution < -0.4 is 0 Å². The molecule has 2 unspecified atom stereocenters. The lowest BCUT2D eigenvalue weighted by Gasteiger charge is -2.50. The van der Waals surface area contributed by atoms with Crippen molar-refractivity contribution in [3.05, 3.63) is 35.9 Å². The van der Waals surface area contributed by atoms with Crippen LogP contribution in [0.3, 0.4) is 0 Å². The van der Waals surface area contributed by atoms with Crippen LogP contribution in [0, 0.1) is 11.3 Å². The zero-order valence-corrected chi connectivity index (χ0v) is 17.1. The predicted octanol–water partition coefficient (Wildman–Crippen LogP) is 2.97. The van der Waals surface area contributed by atoms with Gasteiger partial charge in [-0.1, -0.05) is 30.3 Å². The van der Waals surface area contributed by atoms with E-state index in [-0.39, 0.29) is 25.6 Å². The number of piperidine rings is 2. The quantitative estimate of drug-likeness (QED) is 0.832. The van der Waals surface area contributed by atoms with Crippen LogP contribution in [0.25, 0.3) is 0 Å². The minimum atomic E-state index is -1.22. The number of carboxylic acid groups (broad SMARTS) is 1. The maximum atomic E-state index is 12.6. The fourth-order valence-electron chi connectivity index (χ4n) is 4.04. The maximum Gasteiger partial charge on any atom is 0.410 e. The number of amides is 2. The maximum absolute atomic E-state index is 12.6. The van der Waals surface area contributed by atoms with Crippen molar-refractivity contribution in [2.24, 2.45) is 11.3 Å². The first-order valence-electron chi connectivity index (χ1n) is 9.75. The van der Waals surface area contributed by atoms with Gasteiger partial charge in [-0.25, -0.2) is 9.59 Å². The molecule has 0 radical (unpaired) electrons. The third kappa shape index (κ3) is 4.99. The summed E-state index contributed by atoms with van der Waals surface area (Å²) in [5.41, 5.74) is -1.01. The SMILES string of the molecule is CC(C)(C)OC(=O)N1CC2CN(C(=O)OCc3ccccc3)CC(C(=O)O)(C2)C1. The first kappa shape index (κ1) is 21.0. The lowest BCUT2D eigenvalue weighted by molar-refractivity contribution is -0.159. The minimum Gasteiger partial charge on any atom is -0.481 e. The number of hydrogen-bond donors (Lipinski definition) is 1. The van der Waals surface area contributed by atoms with Crippen molar-refractivity contribution in [3.8, 4) is 0 Å². The molecule has 2 aliphatic heterocycles. The number of fused-ring (bicyclic) bond motifs is 2. The smallest absolute Gasteiger partial charge is 0.410 e. The van der Waals surface area contributed by atoms with Crippen molar-refractivity contribution in [3.63, 3.8) is 0 Å². The molecule has 0 aromatic heterocycles. The monoisotopic (exact) mass is 404 g/mol. The molecule has 2 aliphatic rings. The van der Waals surface area contributed by atoms with Gasteiger partial charge in [0.2, 0.25) is 0 Å². The molecule has 2 heterocycles. The molecule has 8 heteroatoms. The zero-order valence-electron chi connectivity index (χ0n) is 17.1. The summed E-state index contributed by atoms with van der Waals surface area (Å²) in [5, 5.41) is 9.92. The Morgan fingerprint density at radius 1 is 1.07 bits per heavy atom. The molecule has 8 nitrogen and oxygen atoms in total. The second-order valence-corrected chi connectivity index (χ2v) is 8.94. The van der Waals surface area contributed by atoms with E-state index in [2.05, 4.69) is 0 Å². The van der Waals surface area contributed by atoms with Gasteiger partial charge in [-0.15, -0.1) is 0 Å². The molecule has 1 aromatic carbocycles. The highest BCUT2D eigenvalue weighted by atomic mass is 16.6. The number of hydrogen-bond acceptors (Lipinski definition) is 5. The van der Waals surface area contributed by atoms with Crippen LogP contribution in [0.15, 0.2) is 30.3 Å². The topological polar surface area (TPSA) is 96.4 Å². The van der Waals surface area contributed by atoms with Crippen LogP contribution in [-0.4, -0.2) is 64.8 Å². The van der Waals surface area contributed by atoms with Crippen LogP contribution in [-0.2, 0) is 20.9 Å².